The Kier molecular flexibility index (Phi) is 3.79. The highest BCUT2D eigenvalue weighted by atomic mass is 16.1. The summed E-state index contributed by atoms with van der Waals surface area (Å²) in [6.07, 6.45) is 3.03. The highest BCUT2D eigenvalue weighted by Crippen LogP contribution is 2.37. The zero-order valence-corrected chi connectivity index (χ0v) is 10.3. The van der Waals surface area contributed by atoms with E-state index in [1.54, 1.807) is 19.1 Å². The van der Waals surface area contributed by atoms with E-state index < -0.39 is 0 Å². The Labute approximate surface area is 110 Å². The lowest BCUT2D eigenvalue weighted by Crippen LogP contribution is -1.84. The molecule has 0 bridgehead atoms. The quantitative estimate of drug-likeness (QED) is 0.617. The van der Waals surface area contributed by atoms with E-state index in [0.29, 0.717) is 16.9 Å². The van der Waals surface area contributed by atoms with Crippen LogP contribution in [0.3, 0.4) is 0 Å². The van der Waals surface area contributed by atoms with Gasteiger partial charge in [0, 0.05) is 11.1 Å². The maximum Gasteiger partial charge on any atom is 0.240 e. The Morgan fingerprint density at radius 2 is 1.58 bits per heavy atom. The molecule has 0 radical (unpaired) electrons. The topological polar surface area (TPSA) is 58.9 Å². The summed E-state index contributed by atoms with van der Waals surface area (Å²) in [7, 11) is 0. The minimum atomic E-state index is 0.448. The van der Waals surface area contributed by atoms with E-state index in [9.17, 15) is 9.59 Å². The molecule has 2 aromatic carbocycles. The van der Waals surface area contributed by atoms with Gasteiger partial charge in [-0.2, -0.15) is 9.98 Å². The van der Waals surface area contributed by atoms with Crippen LogP contribution in [-0.4, -0.2) is 12.2 Å². The molecule has 0 aliphatic rings. The van der Waals surface area contributed by atoms with Crippen molar-refractivity contribution in [3.8, 4) is 11.1 Å². The molecular weight excluding hydrogens is 240 g/mol. The number of carbonyl (C=O) groups excluding carboxylic acids is 2. The van der Waals surface area contributed by atoms with Gasteiger partial charge in [0.05, 0.1) is 11.4 Å². The number of hydrogen-bond acceptors (Lipinski definition) is 4. The number of nitrogens with zero attached hydrogens (tertiary/aromatic N) is 2. The Morgan fingerprint density at radius 1 is 0.895 bits per heavy atom. The largest absolute Gasteiger partial charge is 0.240 e. The summed E-state index contributed by atoms with van der Waals surface area (Å²) in [4.78, 5) is 28.2. The summed E-state index contributed by atoms with van der Waals surface area (Å²) >= 11 is 0. The van der Waals surface area contributed by atoms with Gasteiger partial charge in [0.15, 0.2) is 0 Å². The molecule has 0 atom stereocenters. The van der Waals surface area contributed by atoms with Gasteiger partial charge in [-0.25, -0.2) is 9.59 Å². The van der Waals surface area contributed by atoms with Crippen molar-refractivity contribution in [2.24, 2.45) is 9.98 Å². The van der Waals surface area contributed by atoms with E-state index in [1.165, 1.54) is 12.2 Å². The Morgan fingerprint density at radius 3 is 2.21 bits per heavy atom. The smallest absolute Gasteiger partial charge is 0.211 e. The van der Waals surface area contributed by atoms with E-state index >= 15 is 0 Å². The lowest BCUT2D eigenvalue weighted by Gasteiger charge is -2.09. The molecule has 92 valence electrons. The van der Waals surface area contributed by atoms with E-state index in [2.05, 4.69) is 9.98 Å². The van der Waals surface area contributed by atoms with E-state index in [4.69, 9.17) is 0 Å². The number of benzene rings is 2. The fourth-order valence-corrected chi connectivity index (χ4v) is 1.90. The summed E-state index contributed by atoms with van der Waals surface area (Å²) < 4.78 is 0. The second-order valence-electron chi connectivity index (χ2n) is 3.88. The van der Waals surface area contributed by atoms with Gasteiger partial charge in [-0.15, -0.1) is 0 Å². The summed E-state index contributed by atoms with van der Waals surface area (Å²) in [5.74, 6) is 0. The number of isocyanates is 2. The zero-order valence-electron chi connectivity index (χ0n) is 10.3. The summed E-state index contributed by atoms with van der Waals surface area (Å²) in [5, 5.41) is 0. The molecule has 19 heavy (non-hydrogen) atoms. The van der Waals surface area contributed by atoms with Crippen LogP contribution in [0.4, 0.5) is 11.4 Å². The average molecular weight is 250 g/mol. The first kappa shape index (κ1) is 12.7. The molecule has 0 saturated heterocycles. The molecule has 0 aliphatic heterocycles. The first-order valence-corrected chi connectivity index (χ1v) is 5.62. The Hall–Kier alpha value is -2.80. The number of aliphatic imine (C=N–C) groups is 2. The molecule has 0 aromatic heterocycles. The fraction of sp³-hybridized carbons (Fsp3) is 0.0667. The molecule has 4 heteroatoms. The molecular formula is C15H10N2O2. The molecule has 0 N–H and O–H groups in total. The first-order valence-electron chi connectivity index (χ1n) is 5.62. The molecule has 0 spiro atoms. The summed E-state index contributed by atoms with van der Waals surface area (Å²) in [5.41, 5.74) is 3.29. The summed E-state index contributed by atoms with van der Waals surface area (Å²) in [6.45, 7) is 1.75. The van der Waals surface area contributed by atoms with Crippen LogP contribution in [0.25, 0.3) is 11.1 Å². The van der Waals surface area contributed by atoms with Crippen molar-refractivity contribution in [2.75, 3.05) is 0 Å². The third kappa shape index (κ3) is 2.55. The second-order valence-corrected chi connectivity index (χ2v) is 3.88. The predicted molar refractivity (Wildman–Crippen MR) is 72.2 cm³/mol. The van der Waals surface area contributed by atoms with Crippen molar-refractivity contribution in [1.29, 1.82) is 0 Å². The molecule has 0 heterocycles. The third-order valence-corrected chi connectivity index (χ3v) is 2.81. The van der Waals surface area contributed by atoms with Gasteiger partial charge in [0.1, 0.15) is 0 Å². The summed E-state index contributed by atoms with van der Waals surface area (Å²) in [6, 6.07) is 13.0. The standard InChI is InChI=1S/C15H10N2O2/c1-11-14(16-9-18)8-7-13(15(11)17-10-19)12-5-3-2-4-6-12/h2-8H,1H3. The monoisotopic (exact) mass is 250 g/mol. The van der Waals surface area contributed by atoms with Crippen molar-refractivity contribution in [3.05, 3.63) is 48.0 Å². The van der Waals surface area contributed by atoms with Crippen LogP contribution in [0, 0.1) is 6.92 Å². The van der Waals surface area contributed by atoms with Gasteiger partial charge < -0.3 is 0 Å². The minimum Gasteiger partial charge on any atom is -0.211 e. The second kappa shape index (κ2) is 5.69. The Bertz CT molecular complexity index is 696. The van der Waals surface area contributed by atoms with Crippen LogP contribution in [0.2, 0.25) is 0 Å². The van der Waals surface area contributed by atoms with Crippen LogP contribution in [0.1, 0.15) is 5.56 Å². The van der Waals surface area contributed by atoms with Crippen molar-refractivity contribution in [1.82, 2.24) is 0 Å². The number of hydrogen-bond donors (Lipinski definition) is 0. The normalized spacial score (nSPS) is 9.32. The van der Waals surface area contributed by atoms with E-state index in [0.717, 1.165) is 11.1 Å². The van der Waals surface area contributed by atoms with Crippen molar-refractivity contribution < 1.29 is 9.59 Å². The zero-order chi connectivity index (χ0) is 13.7. The molecule has 0 amide bonds. The first-order chi connectivity index (χ1) is 9.27. The molecule has 0 fully saturated rings. The molecule has 2 aromatic rings. The van der Waals surface area contributed by atoms with Crippen LogP contribution in [0.5, 0.6) is 0 Å². The van der Waals surface area contributed by atoms with Crippen LogP contribution in [0.15, 0.2) is 52.4 Å². The van der Waals surface area contributed by atoms with Crippen molar-refractivity contribution in [2.45, 2.75) is 6.92 Å². The van der Waals surface area contributed by atoms with Gasteiger partial charge in [0.2, 0.25) is 12.2 Å². The predicted octanol–water partition coefficient (Wildman–Crippen LogP) is 3.60. The van der Waals surface area contributed by atoms with Gasteiger partial charge in [-0.05, 0) is 24.6 Å². The van der Waals surface area contributed by atoms with E-state index in [1.807, 2.05) is 30.3 Å². The van der Waals surface area contributed by atoms with Gasteiger partial charge in [-0.3, -0.25) is 0 Å². The van der Waals surface area contributed by atoms with Crippen molar-refractivity contribution in [3.63, 3.8) is 0 Å². The highest BCUT2D eigenvalue weighted by molar-refractivity contribution is 5.83. The van der Waals surface area contributed by atoms with Crippen LogP contribution >= 0.6 is 0 Å². The van der Waals surface area contributed by atoms with Crippen LogP contribution in [-0.2, 0) is 9.59 Å². The average Bonchev–Trinajstić information content (AvgIpc) is 2.45. The maximum atomic E-state index is 10.6. The lowest BCUT2D eigenvalue weighted by atomic mass is 9.99. The maximum absolute atomic E-state index is 10.6. The van der Waals surface area contributed by atoms with Gasteiger partial charge >= 0.3 is 0 Å². The van der Waals surface area contributed by atoms with Gasteiger partial charge in [0.25, 0.3) is 0 Å². The van der Waals surface area contributed by atoms with Crippen LogP contribution < -0.4 is 0 Å². The van der Waals surface area contributed by atoms with E-state index in [-0.39, 0.29) is 0 Å². The molecule has 2 rings (SSSR count). The molecule has 0 saturated carbocycles. The molecule has 4 nitrogen and oxygen atoms in total. The number of rotatable bonds is 3. The molecule has 0 unspecified atom stereocenters. The molecule has 0 aliphatic carbocycles. The third-order valence-electron chi connectivity index (χ3n) is 2.81. The van der Waals surface area contributed by atoms with Crippen molar-refractivity contribution >= 4 is 23.5 Å². The SMILES string of the molecule is Cc1c(N=C=O)ccc(-c2ccccc2)c1N=C=O. The lowest BCUT2D eigenvalue weighted by molar-refractivity contribution is 0.565. The fourth-order valence-electron chi connectivity index (χ4n) is 1.90. The minimum absolute atomic E-state index is 0.448. The highest BCUT2D eigenvalue weighted by Gasteiger charge is 2.10. The van der Waals surface area contributed by atoms with Gasteiger partial charge in [-0.1, -0.05) is 30.3 Å². The Balaban J connectivity index is 2.72.